The molecule has 116 valence electrons. The van der Waals surface area contributed by atoms with Gasteiger partial charge in [-0.15, -0.1) is 0 Å². The molecular weight excluding hydrogens is 276 g/mol. The van der Waals surface area contributed by atoms with E-state index in [4.69, 9.17) is 9.47 Å². The highest BCUT2D eigenvalue weighted by Gasteiger charge is 2.21. The number of ether oxygens (including phenoxy) is 2. The van der Waals surface area contributed by atoms with Crippen molar-refractivity contribution < 1.29 is 18.8 Å². The van der Waals surface area contributed by atoms with Crippen LogP contribution in [0.2, 0.25) is 0 Å². The molecule has 1 N–H and O–H groups in total. The Hall–Kier alpha value is -0.490. The van der Waals surface area contributed by atoms with Crippen LogP contribution in [-0.2, 0) is 20.3 Å². The van der Waals surface area contributed by atoms with Gasteiger partial charge in [-0.2, -0.15) is 0 Å². The lowest BCUT2D eigenvalue weighted by molar-refractivity contribution is -0.00193. The minimum Gasteiger partial charge on any atom is -0.389 e. The highest BCUT2D eigenvalue weighted by Crippen LogP contribution is 2.15. The molecule has 0 saturated carbocycles. The van der Waals surface area contributed by atoms with Gasteiger partial charge in [0.25, 0.3) is 0 Å². The molecule has 1 unspecified atom stereocenters. The molecule has 0 radical (unpaired) electrons. The van der Waals surface area contributed by atoms with E-state index in [0.717, 1.165) is 12.0 Å². The molecule has 1 aliphatic rings. The predicted molar refractivity (Wildman–Crippen MR) is 82.2 cm³/mol. The van der Waals surface area contributed by atoms with E-state index in [1.807, 2.05) is 32.1 Å². The van der Waals surface area contributed by atoms with Gasteiger partial charge in [0.05, 0.1) is 12.7 Å². The zero-order valence-electron chi connectivity index (χ0n) is 12.6. The summed E-state index contributed by atoms with van der Waals surface area (Å²) >= 11 is 0. The minimum absolute atomic E-state index is 0.0263. The van der Waals surface area contributed by atoms with E-state index >= 15 is 0 Å². The summed E-state index contributed by atoms with van der Waals surface area (Å²) in [4.78, 5) is 0. The van der Waals surface area contributed by atoms with Crippen molar-refractivity contribution in [1.82, 2.24) is 0 Å². The topological polar surface area (TPSA) is 55.8 Å². The SMILES string of the molecule is CO[C@H]1/C=C/CS(=O)CCCOC/C(C)=C\[C@@H](C)[C@@H]1O. The number of rotatable bonds is 1. The summed E-state index contributed by atoms with van der Waals surface area (Å²) in [6, 6.07) is 0. The Kier molecular flexibility index (Phi) is 8.30. The third-order valence-electron chi connectivity index (χ3n) is 3.29. The van der Waals surface area contributed by atoms with Gasteiger partial charge in [0.1, 0.15) is 6.10 Å². The van der Waals surface area contributed by atoms with Crippen LogP contribution in [0.1, 0.15) is 20.3 Å². The van der Waals surface area contributed by atoms with E-state index < -0.39 is 16.9 Å². The number of hydrogen-bond acceptors (Lipinski definition) is 4. The number of methoxy groups -OCH3 is 1. The molecule has 0 saturated heterocycles. The second-order valence-electron chi connectivity index (χ2n) is 5.21. The van der Waals surface area contributed by atoms with Gasteiger partial charge in [0.15, 0.2) is 0 Å². The summed E-state index contributed by atoms with van der Waals surface area (Å²) in [5.41, 5.74) is 1.09. The fourth-order valence-electron chi connectivity index (χ4n) is 2.16. The molecule has 4 nitrogen and oxygen atoms in total. The third kappa shape index (κ3) is 6.31. The van der Waals surface area contributed by atoms with Crippen molar-refractivity contribution in [2.45, 2.75) is 32.5 Å². The first-order chi connectivity index (χ1) is 9.54. The highest BCUT2D eigenvalue weighted by molar-refractivity contribution is 7.85. The van der Waals surface area contributed by atoms with Crippen LogP contribution in [0.25, 0.3) is 0 Å². The smallest absolute Gasteiger partial charge is 0.102 e. The average molecular weight is 302 g/mol. The number of hydrogen-bond donors (Lipinski definition) is 1. The lowest BCUT2D eigenvalue weighted by atomic mass is 9.97. The molecule has 0 bridgehead atoms. The minimum atomic E-state index is -0.875. The molecule has 0 fully saturated rings. The molecule has 0 aromatic heterocycles. The zero-order chi connectivity index (χ0) is 15.0. The number of aliphatic hydroxyl groups excluding tert-OH is 1. The van der Waals surface area contributed by atoms with E-state index in [9.17, 15) is 9.32 Å². The van der Waals surface area contributed by atoms with E-state index in [2.05, 4.69) is 0 Å². The molecule has 0 amide bonds. The van der Waals surface area contributed by atoms with Crippen molar-refractivity contribution in [2.24, 2.45) is 5.92 Å². The maximum absolute atomic E-state index is 11.7. The molecule has 0 spiro atoms. The lowest BCUT2D eigenvalue weighted by Crippen LogP contribution is -2.31. The molecule has 20 heavy (non-hydrogen) atoms. The van der Waals surface area contributed by atoms with E-state index in [0.29, 0.717) is 24.7 Å². The second kappa shape index (κ2) is 9.45. The van der Waals surface area contributed by atoms with Crippen LogP contribution in [0.4, 0.5) is 0 Å². The Morgan fingerprint density at radius 2 is 2.25 bits per heavy atom. The van der Waals surface area contributed by atoms with Crippen LogP contribution in [-0.4, -0.2) is 53.4 Å². The molecule has 0 aliphatic carbocycles. The van der Waals surface area contributed by atoms with E-state index in [1.54, 1.807) is 7.11 Å². The molecule has 0 aromatic carbocycles. The van der Waals surface area contributed by atoms with Gasteiger partial charge in [-0.3, -0.25) is 4.21 Å². The van der Waals surface area contributed by atoms with E-state index in [1.165, 1.54) is 0 Å². The zero-order valence-corrected chi connectivity index (χ0v) is 13.4. The summed E-state index contributed by atoms with van der Waals surface area (Å²) in [6.45, 7) is 5.12. The van der Waals surface area contributed by atoms with Gasteiger partial charge in [-0.25, -0.2) is 0 Å². The van der Waals surface area contributed by atoms with Crippen LogP contribution in [0.3, 0.4) is 0 Å². The van der Waals surface area contributed by atoms with Crippen molar-refractivity contribution in [3.8, 4) is 0 Å². The summed E-state index contributed by atoms with van der Waals surface area (Å²) in [5.74, 6) is 1.11. The van der Waals surface area contributed by atoms with Gasteiger partial charge in [0, 0.05) is 41.9 Å². The molecular formula is C15H26O4S. The van der Waals surface area contributed by atoms with Crippen molar-refractivity contribution in [1.29, 1.82) is 0 Å². The summed E-state index contributed by atoms with van der Waals surface area (Å²) in [6.07, 6.45) is 5.47. The fourth-order valence-corrected chi connectivity index (χ4v) is 3.09. The monoisotopic (exact) mass is 302 g/mol. The van der Waals surface area contributed by atoms with Crippen LogP contribution >= 0.6 is 0 Å². The molecule has 5 heteroatoms. The molecule has 0 aromatic rings. The van der Waals surface area contributed by atoms with Crippen molar-refractivity contribution >= 4 is 10.8 Å². The molecule has 1 aliphatic heterocycles. The average Bonchev–Trinajstić information content (AvgIpc) is 2.41. The maximum Gasteiger partial charge on any atom is 0.102 e. The Morgan fingerprint density at radius 1 is 1.50 bits per heavy atom. The Labute approximate surface area is 124 Å². The first-order valence-corrected chi connectivity index (χ1v) is 8.51. The Morgan fingerprint density at radius 3 is 2.95 bits per heavy atom. The third-order valence-corrected chi connectivity index (χ3v) is 4.60. The summed E-state index contributed by atoms with van der Waals surface area (Å²) < 4.78 is 22.6. The molecule has 1 heterocycles. The van der Waals surface area contributed by atoms with Crippen LogP contribution in [0.5, 0.6) is 0 Å². The standard InChI is InChI=1S/C15H26O4S/c1-12-10-13(2)15(16)14(18-3)6-4-8-20(17)9-5-7-19-11-12/h4,6,10,13-16H,5,7-9,11H2,1-3H3/b6-4+,12-10-/t13-,14+,15+,20?/m1/s1. The quantitative estimate of drug-likeness (QED) is 0.749. The first kappa shape index (κ1) is 17.6. The van der Waals surface area contributed by atoms with Crippen LogP contribution in [0, 0.1) is 5.92 Å². The predicted octanol–water partition coefficient (Wildman–Crippen LogP) is 1.67. The number of aliphatic hydroxyl groups is 1. The normalized spacial score (nSPS) is 38.5. The Balaban J connectivity index is 2.79. The molecule has 1 rings (SSSR count). The van der Waals surface area contributed by atoms with Gasteiger partial charge in [-0.05, 0) is 13.3 Å². The van der Waals surface area contributed by atoms with Crippen LogP contribution < -0.4 is 0 Å². The second-order valence-corrected chi connectivity index (χ2v) is 6.83. The lowest BCUT2D eigenvalue weighted by Gasteiger charge is -2.23. The summed E-state index contributed by atoms with van der Waals surface area (Å²) in [7, 11) is 0.699. The Bertz CT molecular complexity index is 365. The highest BCUT2D eigenvalue weighted by atomic mass is 32.2. The van der Waals surface area contributed by atoms with Gasteiger partial charge in [0.2, 0.25) is 0 Å². The van der Waals surface area contributed by atoms with Crippen molar-refractivity contribution in [3.63, 3.8) is 0 Å². The van der Waals surface area contributed by atoms with Crippen LogP contribution in [0.15, 0.2) is 23.8 Å². The molecule has 4 atom stereocenters. The fraction of sp³-hybridized carbons (Fsp3) is 0.733. The van der Waals surface area contributed by atoms with Crippen molar-refractivity contribution in [3.05, 3.63) is 23.8 Å². The van der Waals surface area contributed by atoms with Gasteiger partial charge >= 0.3 is 0 Å². The van der Waals surface area contributed by atoms with E-state index in [-0.39, 0.29) is 12.0 Å². The van der Waals surface area contributed by atoms with Crippen molar-refractivity contribution in [2.75, 3.05) is 31.8 Å². The van der Waals surface area contributed by atoms with Gasteiger partial charge < -0.3 is 14.6 Å². The maximum atomic E-state index is 11.7. The largest absolute Gasteiger partial charge is 0.389 e. The van der Waals surface area contributed by atoms with Gasteiger partial charge in [-0.1, -0.05) is 30.7 Å². The first-order valence-electron chi connectivity index (χ1n) is 7.02. The summed E-state index contributed by atoms with van der Waals surface area (Å²) in [5, 5.41) is 10.3.